The van der Waals surface area contributed by atoms with Gasteiger partial charge in [0.2, 0.25) is 0 Å². The van der Waals surface area contributed by atoms with Crippen molar-refractivity contribution in [2.45, 2.75) is 6.92 Å². The maximum atomic E-state index is 12.9. The quantitative estimate of drug-likeness (QED) is 0.315. The topological polar surface area (TPSA) is 142 Å². The van der Waals surface area contributed by atoms with Crippen LogP contribution in [0.2, 0.25) is 0 Å². The van der Waals surface area contributed by atoms with Gasteiger partial charge in [-0.3, -0.25) is 9.88 Å². The summed E-state index contributed by atoms with van der Waals surface area (Å²) in [5.41, 5.74) is 10.9. The number of benzene rings is 2. The summed E-state index contributed by atoms with van der Waals surface area (Å²) in [5.74, 6) is 1.41. The fraction of sp³-hybridized carbons (Fsp3) is 0.0385. The maximum absolute atomic E-state index is 12.9. The van der Waals surface area contributed by atoms with Gasteiger partial charge < -0.3 is 15.5 Å². The third-order valence-electron chi connectivity index (χ3n) is 5.74. The van der Waals surface area contributed by atoms with Crippen LogP contribution in [0.3, 0.4) is 0 Å². The van der Waals surface area contributed by atoms with Crippen molar-refractivity contribution < 1.29 is 9.21 Å². The minimum Gasteiger partial charge on any atom is -0.463 e. The fourth-order valence-electron chi connectivity index (χ4n) is 4.00. The van der Waals surface area contributed by atoms with E-state index in [1.54, 1.807) is 46.1 Å². The number of nitrogens with two attached hydrogens (primary N) is 1. The van der Waals surface area contributed by atoms with Gasteiger partial charge in [-0.1, -0.05) is 12.1 Å². The molecule has 37 heavy (non-hydrogen) atoms. The fourth-order valence-corrected chi connectivity index (χ4v) is 4.00. The summed E-state index contributed by atoms with van der Waals surface area (Å²) in [6.07, 6.45) is 4.61. The molecule has 6 aromatic rings. The second-order valence-electron chi connectivity index (χ2n) is 8.31. The zero-order valence-corrected chi connectivity index (χ0v) is 19.7. The van der Waals surface area contributed by atoms with E-state index >= 15 is 0 Å². The first-order chi connectivity index (χ1) is 18.0. The molecule has 0 aliphatic carbocycles. The van der Waals surface area contributed by atoms with Crippen molar-refractivity contribution in [2.75, 3.05) is 16.4 Å². The Bertz CT molecular complexity index is 1720. The van der Waals surface area contributed by atoms with Crippen LogP contribution in [0.1, 0.15) is 5.56 Å². The Morgan fingerprint density at radius 1 is 0.946 bits per heavy atom. The average molecular weight is 492 g/mol. The Morgan fingerprint density at radius 2 is 1.81 bits per heavy atom. The van der Waals surface area contributed by atoms with Crippen LogP contribution < -0.4 is 16.4 Å². The molecule has 0 aliphatic rings. The third-order valence-corrected chi connectivity index (χ3v) is 5.74. The number of carbonyl (C=O) groups excluding carboxylic acids is 1. The van der Waals surface area contributed by atoms with Crippen molar-refractivity contribution in [1.29, 1.82) is 0 Å². The van der Waals surface area contributed by atoms with Gasteiger partial charge >= 0.3 is 6.03 Å². The van der Waals surface area contributed by atoms with E-state index in [0.29, 0.717) is 39.9 Å². The standard InChI is InChI=1S/C26H21N9O2/c1-16-4-2-5-19(12-16)35-22(13-20(33-35)21-6-3-11-37-21)32-26(36)31-17-7-9-18(10-8-17)34-15-30-23-24(27)28-14-29-25(23)34/h2-15H,1H3,(H2,27,28,29)(H2,31,32,36). The highest BCUT2D eigenvalue weighted by Crippen LogP contribution is 2.26. The number of aryl methyl sites for hydroxylation is 1. The van der Waals surface area contributed by atoms with E-state index in [4.69, 9.17) is 10.2 Å². The molecule has 0 unspecified atom stereocenters. The molecule has 4 aromatic heterocycles. The monoisotopic (exact) mass is 491 g/mol. The van der Waals surface area contributed by atoms with Gasteiger partial charge in [0, 0.05) is 17.4 Å². The lowest BCUT2D eigenvalue weighted by atomic mass is 10.2. The molecule has 0 radical (unpaired) electrons. The van der Waals surface area contributed by atoms with Crippen molar-refractivity contribution in [1.82, 2.24) is 29.3 Å². The number of anilines is 3. The van der Waals surface area contributed by atoms with Crippen molar-refractivity contribution in [3.05, 3.63) is 91.2 Å². The number of hydrogen-bond acceptors (Lipinski definition) is 7. The normalized spacial score (nSPS) is 11.1. The number of fused-ring (bicyclic) bond motifs is 1. The summed E-state index contributed by atoms with van der Waals surface area (Å²) in [7, 11) is 0. The molecule has 4 heterocycles. The molecule has 2 aromatic carbocycles. The summed E-state index contributed by atoms with van der Waals surface area (Å²) >= 11 is 0. The predicted molar refractivity (Wildman–Crippen MR) is 140 cm³/mol. The van der Waals surface area contributed by atoms with Gasteiger partial charge in [0.15, 0.2) is 22.7 Å². The number of hydrogen-bond donors (Lipinski definition) is 3. The first-order valence-corrected chi connectivity index (χ1v) is 11.4. The Hall–Kier alpha value is -5.45. The number of carbonyl (C=O) groups is 1. The molecule has 0 aliphatic heterocycles. The smallest absolute Gasteiger partial charge is 0.324 e. The lowest BCUT2D eigenvalue weighted by Crippen LogP contribution is -2.21. The highest BCUT2D eigenvalue weighted by molar-refractivity contribution is 5.99. The van der Waals surface area contributed by atoms with Crippen LogP contribution in [0.25, 0.3) is 34.0 Å². The van der Waals surface area contributed by atoms with E-state index < -0.39 is 6.03 Å². The molecular weight excluding hydrogens is 470 g/mol. The number of nitrogen functional groups attached to an aromatic ring is 1. The predicted octanol–water partition coefficient (Wildman–Crippen LogP) is 4.80. The van der Waals surface area contributed by atoms with Crippen LogP contribution in [0.4, 0.5) is 22.1 Å². The van der Waals surface area contributed by atoms with Gasteiger partial charge in [-0.2, -0.15) is 5.10 Å². The maximum Gasteiger partial charge on any atom is 0.324 e. The SMILES string of the molecule is Cc1cccc(-n2nc(-c3ccco3)cc2NC(=O)Nc2ccc(-n3cnc4c(N)ncnc43)cc2)c1. The van der Waals surface area contributed by atoms with Crippen LogP contribution in [0.15, 0.2) is 90.1 Å². The number of urea groups is 1. The second kappa shape index (κ2) is 8.96. The number of aromatic nitrogens is 6. The molecule has 182 valence electrons. The zero-order valence-electron chi connectivity index (χ0n) is 19.7. The van der Waals surface area contributed by atoms with Crippen molar-refractivity contribution in [2.24, 2.45) is 0 Å². The van der Waals surface area contributed by atoms with Crippen LogP contribution in [0.5, 0.6) is 0 Å². The number of rotatable bonds is 5. The molecule has 0 atom stereocenters. The van der Waals surface area contributed by atoms with E-state index in [1.807, 2.05) is 49.4 Å². The number of nitrogens with zero attached hydrogens (tertiary/aromatic N) is 6. The molecule has 0 fully saturated rings. The van der Waals surface area contributed by atoms with E-state index in [9.17, 15) is 4.79 Å². The Balaban J connectivity index is 1.23. The lowest BCUT2D eigenvalue weighted by molar-refractivity contribution is 0.262. The Morgan fingerprint density at radius 3 is 2.59 bits per heavy atom. The molecule has 2 amide bonds. The minimum absolute atomic E-state index is 0.318. The number of amides is 2. The number of furan rings is 1. The Kier molecular flexibility index (Phi) is 5.34. The van der Waals surface area contributed by atoms with E-state index in [0.717, 1.165) is 16.9 Å². The molecular formula is C26H21N9O2. The van der Waals surface area contributed by atoms with Gasteiger partial charge in [0.05, 0.1) is 12.0 Å². The minimum atomic E-state index is -0.416. The third kappa shape index (κ3) is 4.25. The number of imidazole rings is 1. The second-order valence-corrected chi connectivity index (χ2v) is 8.31. The summed E-state index contributed by atoms with van der Waals surface area (Å²) in [6.45, 7) is 2.00. The molecule has 0 bridgehead atoms. The van der Waals surface area contributed by atoms with Crippen LogP contribution >= 0.6 is 0 Å². The van der Waals surface area contributed by atoms with Crippen LogP contribution in [-0.2, 0) is 0 Å². The van der Waals surface area contributed by atoms with Gasteiger partial charge in [-0.25, -0.2) is 24.4 Å². The highest BCUT2D eigenvalue weighted by Gasteiger charge is 2.16. The van der Waals surface area contributed by atoms with E-state index in [2.05, 4.69) is 30.7 Å². The Labute approximate surface area is 210 Å². The summed E-state index contributed by atoms with van der Waals surface area (Å²) in [4.78, 5) is 25.4. The summed E-state index contributed by atoms with van der Waals surface area (Å²) in [5, 5.41) is 10.4. The number of nitrogens with one attached hydrogen (secondary N) is 2. The van der Waals surface area contributed by atoms with Gasteiger partial charge in [-0.05, 0) is 61.0 Å². The first kappa shape index (κ1) is 22.0. The van der Waals surface area contributed by atoms with Crippen molar-refractivity contribution in [3.8, 4) is 22.8 Å². The molecule has 4 N–H and O–H groups in total. The molecule has 0 saturated carbocycles. The van der Waals surface area contributed by atoms with Crippen LogP contribution in [-0.4, -0.2) is 35.3 Å². The van der Waals surface area contributed by atoms with Gasteiger partial charge in [-0.15, -0.1) is 0 Å². The van der Waals surface area contributed by atoms with Crippen LogP contribution in [0, 0.1) is 6.92 Å². The molecule has 6 rings (SSSR count). The largest absolute Gasteiger partial charge is 0.463 e. The molecule has 0 saturated heterocycles. The van der Waals surface area contributed by atoms with E-state index in [-0.39, 0.29) is 0 Å². The summed E-state index contributed by atoms with van der Waals surface area (Å²) < 4.78 is 8.97. The van der Waals surface area contributed by atoms with Gasteiger partial charge in [0.25, 0.3) is 0 Å². The highest BCUT2D eigenvalue weighted by atomic mass is 16.3. The zero-order chi connectivity index (χ0) is 25.4. The van der Waals surface area contributed by atoms with E-state index in [1.165, 1.54) is 6.33 Å². The van der Waals surface area contributed by atoms with Crippen molar-refractivity contribution >= 4 is 34.5 Å². The lowest BCUT2D eigenvalue weighted by Gasteiger charge is -2.11. The van der Waals surface area contributed by atoms with Gasteiger partial charge in [0.1, 0.15) is 24.2 Å². The molecule has 0 spiro atoms. The van der Waals surface area contributed by atoms with Crippen molar-refractivity contribution in [3.63, 3.8) is 0 Å². The average Bonchev–Trinajstić information content (AvgIpc) is 3.65. The molecule has 11 nitrogen and oxygen atoms in total. The molecule has 11 heteroatoms. The summed E-state index contributed by atoms with van der Waals surface area (Å²) in [6, 6.07) is 20.1. The first-order valence-electron chi connectivity index (χ1n) is 11.4.